The van der Waals surface area contributed by atoms with Crippen molar-refractivity contribution < 1.29 is 23.1 Å². The molecule has 1 N–H and O–H groups in total. The lowest BCUT2D eigenvalue weighted by Crippen LogP contribution is -2.29. The van der Waals surface area contributed by atoms with E-state index in [4.69, 9.17) is 0 Å². The van der Waals surface area contributed by atoms with Gasteiger partial charge in [0.15, 0.2) is 0 Å². The van der Waals surface area contributed by atoms with Gasteiger partial charge in [-0.1, -0.05) is 26.0 Å². The maximum absolute atomic E-state index is 13.2. The van der Waals surface area contributed by atoms with E-state index in [-0.39, 0.29) is 22.1 Å². The van der Waals surface area contributed by atoms with E-state index in [9.17, 15) is 18.3 Å². The fourth-order valence-corrected chi connectivity index (χ4v) is 4.80. The maximum Gasteiger partial charge on any atom is 0.341 e. The van der Waals surface area contributed by atoms with Crippen molar-refractivity contribution in [3.8, 4) is 5.75 Å². The molecule has 0 bridgehead atoms. The molecule has 0 aliphatic carbocycles. The molecule has 26 heavy (non-hydrogen) atoms. The number of fused-ring (bicyclic) bond motifs is 1. The molecule has 1 atom stereocenters. The third kappa shape index (κ3) is 2.92. The van der Waals surface area contributed by atoms with E-state index in [1.165, 1.54) is 23.5 Å². The topological polar surface area (TPSA) is 83.9 Å². The molecular weight excluding hydrogens is 354 g/mol. The zero-order chi connectivity index (χ0) is 19.1. The number of hydrogen-bond acceptors (Lipinski definition) is 5. The van der Waals surface area contributed by atoms with Gasteiger partial charge in [-0.05, 0) is 41.8 Å². The van der Waals surface area contributed by atoms with Gasteiger partial charge in [0, 0.05) is 12.5 Å². The summed E-state index contributed by atoms with van der Waals surface area (Å²) in [5, 5.41) is 9.82. The molecule has 138 valence electrons. The van der Waals surface area contributed by atoms with E-state index >= 15 is 0 Å². The molecule has 0 saturated heterocycles. The Hall–Kier alpha value is -2.54. The summed E-state index contributed by atoms with van der Waals surface area (Å²) in [5.41, 5.74) is 2.64. The lowest BCUT2D eigenvalue weighted by molar-refractivity contribution is 0.0597. The third-order valence-electron chi connectivity index (χ3n) is 4.70. The average Bonchev–Trinajstić information content (AvgIpc) is 2.98. The number of methoxy groups -OCH3 is 1. The average molecular weight is 375 g/mol. The van der Waals surface area contributed by atoms with Crippen LogP contribution in [0.4, 0.5) is 5.69 Å². The quantitative estimate of drug-likeness (QED) is 0.831. The van der Waals surface area contributed by atoms with Gasteiger partial charge in [0.2, 0.25) is 0 Å². The minimum absolute atomic E-state index is 0.0599. The Kier molecular flexibility index (Phi) is 4.66. The van der Waals surface area contributed by atoms with Crippen molar-refractivity contribution in [3.05, 3.63) is 53.1 Å². The van der Waals surface area contributed by atoms with E-state index in [1.54, 1.807) is 0 Å². The Morgan fingerprint density at radius 2 is 2.00 bits per heavy atom. The fraction of sp³-hybridized carbons (Fsp3) is 0.316. The molecule has 0 fully saturated rings. The van der Waals surface area contributed by atoms with Crippen LogP contribution < -0.4 is 4.31 Å². The summed E-state index contributed by atoms with van der Waals surface area (Å²) >= 11 is 0. The van der Waals surface area contributed by atoms with Crippen molar-refractivity contribution in [3.63, 3.8) is 0 Å². The normalized spacial score (nSPS) is 16.4. The summed E-state index contributed by atoms with van der Waals surface area (Å²) in [5.74, 6) is -1.04. The SMILES string of the molecule is CCc1ccc2c(c1)C(C)CN2S(=O)(=O)c1ccc(O)c(C(=O)OC)c1. The van der Waals surface area contributed by atoms with Gasteiger partial charge < -0.3 is 9.84 Å². The lowest BCUT2D eigenvalue weighted by Gasteiger charge is -2.20. The molecule has 3 rings (SSSR count). The molecule has 0 aromatic heterocycles. The van der Waals surface area contributed by atoms with Crippen LogP contribution in [0.3, 0.4) is 0 Å². The predicted octanol–water partition coefficient (Wildman–Crippen LogP) is 3.05. The minimum Gasteiger partial charge on any atom is -0.507 e. The highest BCUT2D eigenvalue weighted by Crippen LogP contribution is 2.40. The Bertz CT molecular complexity index is 968. The van der Waals surface area contributed by atoms with E-state index in [1.807, 2.05) is 25.1 Å². The Balaban J connectivity index is 2.07. The van der Waals surface area contributed by atoms with Gasteiger partial charge in [-0.2, -0.15) is 0 Å². The standard InChI is InChI=1S/C19H21NO5S/c1-4-13-5-7-17-15(9-13)12(2)11-20(17)26(23,24)14-6-8-18(21)16(10-14)19(22)25-3/h5-10,12,21H,4,11H2,1-3H3. The Morgan fingerprint density at radius 3 is 2.65 bits per heavy atom. The molecule has 1 unspecified atom stereocenters. The molecule has 1 aliphatic rings. The van der Waals surface area contributed by atoms with E-state index < -0.39 is 16.0 Å². The van der Waals surface area contributed by atoms with Crippen molar-refractivity contribution in [2.24, 2.45) is 0 Å². The van der Waals surface area contributed by atoms with Crippen LogP contribution >= 0.6 is 0 Å². The number of sulfonamides is 1. The zero-order valence-corrected chi connectivity index (χ0v) is 15.7. The summed E-state index contributed by atoms with van der Waals surface area (Å²) in [7, 11) is -2.70. The number of carbonyl (C=O) groups is 1. The second-order valence-electron chi connectivity index (χ2n) is 6.35. The number of ether oxygens (including phenoxy) is 1. The minimum atomic E-state index is -3.87. The van der Waals surface area contributed by atoms with Crippen molar-refractivity contribution >= 4 is 21.7 Å². The van der Waals surface area contributed by atoms with Crippen molar-refractivity contribution in [1.82, 2.24) is 0 Å². The van der Waals surface area contributed by atoms with E-state index in [2.05, 4.69) is 11.7 Å². The first-order valence-electron chi connectivity index (χ1n) is 8.36. The smallest absolute Gasteiger partial charge is 0.341 e. The Labute approximate surface area is 153 Å². The highest BCUT2D eigenvalue weighted by atomic mass is 32.2. The number of rotatable bonds is 4. The zero-order valence-electron chi connectivity index (χ0n) is 14.9. The van der Waals surface area contributed by atoms with Gasteiger partial charge in [-0.3, -0.25) is 4.31 Å². The van der Waals surface area contributed by atoms with Crippen LogP contribution in [-0.2, 0) is 21.2 Å². The first-order valence-corrected chi connectivity index (χ1v) is 9.80. The first-order chi connectivity index (χ1) is 12.3. The first kappa shape index (κ1) is 18.3. The van der Waals surface area contributed by atoms with Crippen LogP contribution in [0.1, 0.15) is 41.3 Å². The van der Waals surface area contributed by atoms with Crippen LogP contribution in [0.2, 0.25) is 0 Å². The fourth-order valence-electron chi connectivity index (χ4n) is 3.20. The van der Waals surface area contributed by atoms with Gasteiger partial charge >= 0.3 is 5.97 Å². The van der Waals surface area contributed by atoms with E-state index in [0.717, 1.165) is 23.6 Å². The molecule has 7 heteroatoms. The molecule has 0 radical (unpaired) electrons. The summed E-state index contributed by atoms with van der Waals surface area (Å²) in [4.78, 5) is 11.7. The second-order valence-corrected chi connectivity index (χ2v) is 8.22. The van der Waals surface area contributed by atoms with Crippen LogP contribution in [-0.4, -0.2) is 33.1 Å². The maximum atomic E-state index is 13.2. The van der Waals surface area contributed by atoms with Crippen LogP contribution in [0, 0.1) is 0 Å². The summed E-state index contributed by atoms with van der Waals surface area (Å²) < 4.78 is 32.3. The van der Waals surface area contributed by atoms with Gasteiger partial charge in [0.25, 0.3) is 10.0 Å². The second kappa shape index (κ2) is 6.64. The molecule has 1 aliphatic heterocycles. The van der Waals surface area contributed by atoms with Crippen LogP contribution in [0.5, 0.6) is 5.75 Å². The molecule has 1 heterocycles. The van der Waals surface area contributed by atoms with Gasteiger partial charge in [0.1, 0.15) is 11.3 Å². The molecule has 0 spiro atoms. The highest BCUT2D eigenvalue weighted by molar-refractivity contribution is 7.92. The molecule has 0 saturated carbocycles. The van der Waals surface area contributed by atoms with Gasteiger partial charge in [0.05, 0.1) is 17.7 Å². The third-order valence-corrected chi connectivity index (χ3v) is 6.48. The Morgan fingerprint density at radius 1 is 1.27 bits per heavy atom. The highest BCUT2D eigenvalue weighted by Gasteiger charge is 2.35. The molecular formula is C19H21NO5S. The van der Waals surface area contributed by atoms with Crippen molar-refractivity contribution in [1.29, 1.82) is 0 Å². The van der Waals surface area contributed by atoms with Gasteiger partial charge in [-0.25, -0.2) is 13.2 Å². The van der Waals surface area contributed by atoms with E-state index in [0.29, 0.717) is 12.2 Å². The number of aryl methyl sites for hydroxylation is 1. The molecule has 2 aromatic rings. The lowest BCUT2D eigenvalue weighted by atomic mass is 10.0. The molecule has 6 nitrogen and oxygen atoms in total. The van der Waals surface area contributed by atoms with Crippen LogP contribution in [0.15, 0.2) is 41.3 Å². The molecule has 2 aromatic carbocycles. The van der Waals surface area contributed by atoms with Crippen molar-refractivity contribution in [2.75, 3.05) is 18.0 Å². The monoisotopic (exact) mass is 375 g/mol. The predicted molar refractivity (Wildman–Crippen MR) is 98.2 cm³/mol. The number of anilines is 1. The number of phenols is 1. The number of nitrogens with zero attached hydrogens (tertiary/aromatic N) is 1. The number of phenolic OH excluding ortho intramolecular Hbond substituents is 1. The number of carbonyl (C=O) groups excluding carboxylic acids is 1. The summed E-state index contributed by atoms with van der Waals surface area (Å²) in [6.45, 7) is 4.38. The van der Waals surface area contributed by atoms with Crippen LogP contribution in [0.25, 0.3) is 0 Å². The van der Waals surface area contributed by atoms with Gasteiger partial charge in [-0.15, -0.1) is 0 Å². The number of aromatic hydroxyl groups is 1. The number of benzene rings is 2. The summed E-state index contributed by atoms with van der Waals surface area (Å²) in [6.07, 6.45) is 0.882. The number of hydrogen-bond donors (Lipinski definition) is 1. The summed E-state index contributed by atoms with van der Waals surface area (Å²) in [6, 6.07) is 9.44. The van der Waals surface area contributed by atoms with Crippen molar-refractivity contribution in [2.45, 2.75) is 31.1 Å². The largest absolute Gasteiger partial charge is 0.507 e. The molecule has 0 amide bonds. The number of esters is 1.